The topological polar surface area (TPSA) is 41.1 Å². The number of rotatable bonds is 3. The van der Waals surface area contributed by atoms with Gasteiger partial charge < -0.3 is 10.6 Å². The first kappa shape index (κ1) is 16.0. The Morgan fingerprint density at radius 3 is 2.42 bits per heavy atom. The summed E-state index contributed by atoms with van der Waals surface area (Å²) < 4.78 is 0. The highest BCUT2D eigenvalue weighted by Gasteiger charge is 2.17. The molecule has 0 saturated carbocycles. The van der Waals surface area contributed by atoms with Gasteiger partial charge >= 0.3 is 0 Å². The summed E-state index contributed by atoms with van der Waals surface area (Å²) >= 11 is 0. The SMILES string of the molecule is Cc1cccc(C)c1NC(=O)CC1CCNCC1.Cl. The third kappa shape index (κ3) is 4.51. The summed E-state index contributed by atoms with van der Waals surface area (Å²) in [5.41, 5.74) is 3.25. The number of benzene rings is 1. The fourth-order valence-electron chi connectivity index (χ4n) is 2.55. The monoisotopic (exact) mass is 282 g/mol. The molecule has 1 heterocycles. The Morgan fingerprint density at radius 2 is 1.84 bits per heavy atom. The van der Waals surface area contributed by atoms with Gasteiger partial charge in [0, 0.05) is 12.1 Å². The number of carbonyl (C=O) groups excluding carboxylic acids is 1. The fourth-order valence-corrected chi connectivity index (χ4v) is 2.55. The van der Waals surface area contributed by atoms with Crippen LogP contribution in [0, 0.1) is 19.8 Å². The number of hydrogen-bond acceptors (Lipinski definition) is 2. The molecule has 3 nitrogen and oxygen atoms in total. The van der Waals surface area contributed by atoms with E-state index in [1.807, 2.05) is 32.0 Å². The van der Waals surface area contributed by atoms with Gasteiger partial charge in [-0.25, -0.2) is 0 Å². The Morgan fingerprint density at radius 1 is 1.26 bits per heavy atom. The van der Waals surface area contributed by atoms with E-state index < -0.39 is 0 Å². The van der Waals surface area contributed by atoms with E-state index in [0.717, 1.165) is 42.7 Å². The van der Waals surface area contributed by atoms with Crippen LogP contribution in [0.25, 0.3) is 0 Å². The summed E-state index contributed by atoms with van der Waals surface area (Å²) in [4.78, 5) is 12.1. The Balaban J connectivity index is 0.00000180. The van der Waals surface area contributed by atoms with Gasteiger partial charge in [0.1, 0.15) is 0 Å². The molecule has 4 heteroatoms. The Bertz CT molecular complexity index is 408. The van der Waals surface area contributed by atoms with Crippen LogP contribution in [0.4, 0.5) is 5.69 Å². The molecule has 0 radical (unpaired) electrons. The summed E-state index contributed by atoms with van der Waals surface area (Å²) in [7, 11) is 0. The van der Waals surface area contributed by atoms with Crippen LogP contribution >= 0.6 is 12.4 Å². The van der Waals surface area contributed by atoms with Crippen molar-refractivity contribution in [3.05, 3.63) is 29.3 Å². The zero-order valence-corrected chi connectivity index (χ0v) is 12.5. The molecule has 0 atom stereocenters. The van der Waals surface area contributed by atoms with Gasteiger partial charge in [0.25, 0.3) is 0 Å². The third-order valence-electron chi connectivity index (χ3n) is 3.68. The van der Waals surface area contributed by atoms with Gasteiger partial charge in [-0.1, -0.05) is 18.2 Å². The summed E-state index contributed by atoms with van der Waals surface area (Å²) in [6.07, 6.45) is 2.87. The van der Waals surface area contributed by atoms with Crippen LogP contribution in [0.1, 0.15) is 30.4 Å². The minimum Gasteiger partial charge on any atom is -0.326 e. The van der Waals surface area contributed by atoms with Crippen molar-refractivity contribution in [2.45, 2.75) is 33.1 Å². The molecule has 0 spiro atoms. The molecule has 106 valence electrons. The van der Waals surface area contributed by atoms with Crippen molar-refractivity contribution in [3.8, 4) is 0 Å². The maximum absolute atomic E-state index is 12.1. The molecule has 1 amide bonds. The van der Waals surface area contributed by atoms with E-state index in [0.29, 0.717) is 12.3 Å². The summed E-state index contributed by atoms with van der Waals surface area (Å²) in [6.45, 7) is 6.16. The van der Waals surface area contributed by atoms with E-state index in [1.165, 1.54) is 0 Å². The maximum Gasteiger partial charge on any atom is 0.224 e. The first-order valence-corrected chi connectivity index (χ1v) is 6.73. The van der Waals surface area contributed by atoms with Crippen molar-refractivity contribution >= 4 is 24.0 Å². The Hall–Kier alpha value is -1.06. The van der Waals surface area contributed by atoms with Crippen molar-refractivity contribution in [1.29, 1.82) is 0 Å². The van der Waals surface area contributed by atoms with E-state index >= 15 is 0 Å². The van der Waals surface area contributed by atoms with Crippen LogP contribution < -0.4 is 10.6 Å². The van der Waals surface area contributed by atoms with Crippen LogP contribution in [0.2, 0.25) is 0 Å². The summed E-state index contributed by atoms with van der Waals surface area (Å²) in [6, 6.07) is 6.09. The largest absolute Gasteiger partial charge is 0.326 e. The fraction of sp³-hybridized carbons (Fsp3) is 0.533. The number of para-hydroxylation sites is 1. The predicted molar refractivity (Wildman–Crippen MR) is 82.0 cm³/mol. The lowest BCUT2D eigenvalue weighted by Crippen LogP contribution is -2.30. The lowest BCUT2D eigenvalue weighted by atomic mass is 9.94. The van der Waals surface area contributed by atoms with E-state index in [9.17, 15) is 4.79 Å². The summed E-state index contributed by atoms with van der Waals surface area (Å²) in [5.74, 6) is 0.690. The predicted octanol–water partition coefficient (Wildman–Crippen LogP) is 3.05. The molecule has 2 N–H and O–H groups in total. The van der Waals surface area contributed by atoms with Crippen molar-refractivity contribution in [3.63, 3.8) is 0 Å². The van der Waals surface area contributed by atoms with E-state index in [1.54, 1.807) is 0 Å². The normalized spacial score (nSPS) is 15.7. The molecular weight excluding hydrogens is 260 g/mol. The second-order valence-electron chi connectivity index (χ2n) is 5.21. The minimum atomic E-state index is 0. The van der Waals surface area contributed by atoms with Crippen LogP contribution in [-0.2, 0) is 4.79 Å². The molecule has 0 unspecified atom stereocenters. The van der Waals surface area contributed by atoms with Gasteiger partial charge in [-0.2, -0.15) is 0 Å². The van der Waals surface area contributed by atoms with Gasteiger partial charge in [-0.3, -0.25) is 4.79 Å². The molecule has 1 aromatic carbocycles. The smallest absolute Gasteiger partial charge is 0.224 e. The molecule has 1 aliphatic rings. The van der Waals surface area contributed by atoms with Gasteiger partial charge in [0.2, 0.25) is 5.91 Å². The molecule has 1 fully saturated rings. The molecule has 19 heavy (non-hydrogen) atoms. The molecule has 0 aromatic heterocycles. The number of piperidine rings is 1. The highest BCUT2D eigenvalue weighted by atomic mass is 35.5. The van der Waals surface area contributed by atoms with E-state index in [4.69, 9.17) is 0 Å². The zero-order chi connectivity index (χ0) is 13.0. The van der Waals surface area contributed by atoms with Gasteiger partial charge in [0.15, 0.2) is 0 Å². The van der Waals surface area contributed by atoms with Crippen molar-refractivity contribution in [2.75, 3.05) is 18.4 Å². The molecular formula is C15H23ClN2O. The minimum absolute atomic E-state index is 0. The van der Waals surface area contributed by atoms with Gasteiger partial charge in [-0.15, -0.1) is 12.4 Å². The Labute approximate surface area is 121 Å². The molecule has 0 aliphatic carbocycles. The standard InChI is InChI=1S/C15H22N2O.ClH/c1-11-4-3-5-12(2)15(11)17-14(18)10-13-6-8-16-9-7-13;/h3-5,13,16H,6-10H2,1-2H3,(H,17,18);1H. The molecule has 1 aromatic rings. The molecule has 1 aliphatic heterocycles. The number of amides is 1. The lowest BCUT2D eigenvalue weighted by molar-refractivity contribution is -0.117. The Kier molecular flexibility index (Phi) is 6.32. The highest BCUT2D eigenvalue weighted by molar-refractivity contribution is 5.92. The molecule has 2 rings (SSSR count). The molecule has 1 saturated heterocycles. The lowest BCUT2D eigenvalue weighted by Gasteiger charge is -2.22. The third-order valence-corrected chi connectivity index (χ3v) is 3.68. The van der Waals surface area contributed by atoms with Crippen molar-refractivity contribution in [1.82, 2.24) is 5.32 Å². The van der Waals surface area contributed by atoms with Gasteiger partial charge in [0.05, 0.1) is 0 Å². The molecule has 0 bridgehead atoms. The van der Waals surface area contributed by atoms with E-state index in [-0.39, 0.29) is 18.3 Å². The highest BCUT2D eigenvalue weighted by Crippen LogP contribution is 2.21. The summed E-state index contributed by atoms with van der Waals surface area (Å²) in [5, 5.41) is 6.39. The van der Waals surface area contributed by atoms with Crippen molar-refractivity contribution in [2.24, 2.45) is 5.92 Å². The van der Waals surface area contributed by atoms with Crippen LogP contribution in [0.5, 0.6) is 0 Å². The van der Waals surface area contributed by atoms with Crippen LogP contribution in [0.15, 0.2) is 18.2 Å². The average Bonchev–Trinajstić information content (AvgIpc) is 2.35. The van der Waals surface area contributed by atoms with Crippen LogP contribution in [-0.4, -0.2) is 19.0 Å². The average molecular weight is 283 g/mol. The van der Waals surface area contributed by atoms with Crippen LogP contribution in [0.3, 0.4) is 0 Å². The number of halogens is 1. The van der Waals surface area contributed by atoms with Gasteiger partial charge in [-0.05, 0) is 56.8 Å². The number of aryl methyl sites for hydroxylation is 2. The second-order valence-corrected chi connectivity index (χ2v) is 5.21. The number of carbonyl (C=O) groups is 1. The second kappa shape index (κ2) is 7.51. The number of anilines is 1. The maximum atomic E-state index is 12.1. The number of hydrogen-bond donors (Lipinski definition) is 2. The number of nitrogens with one attached hydrogen (secondary N) is 2. The first-order chi connectivity index (χ1) is 8.66. The van der Waals surface area contributed by atoms with E-state index in [2.05, 4.69) is 10.6 Å². The zero-order valence-electron chi connectivity index (χ0n) is 11.7. The van der Waals surface area contributed by atoms with Crippen molar-refractivity contribution < 1.29 is 4.79 Å². The quantitative estimate of drug-likeness (QED) is 0.895. The first-order valence-electron chi connectivity index (χ1n) is 6.73.